The molecule has 0 radical (unpaired) electrons. The zero-order chi connectivity index (χ0) is 74.2. The molecule has 0 spiro atoms. The number of rotatable bonds is 8. The van der Waals surface area contributed by atoms with Crippen LogP contribution in [0.2, 0.25) is 0 Å². The summed E-state index contributed by atoms with van der Waals surface area (Å²) in [6, 6.07) is 112. The van der Waals surface area contributed by atoms with Crippen molar-refractivity contribution >= 4 is 119 Å². The van der Waals surface area contributed by atoms with Gasteiger partial charge in [-0.25, -0.2) is 0 Å². The van der Waals surface area contributed by atoms with E-state index in [1.165, 1.54) is 75.4 Å². The number of pyridine rings is 1. The van der Waals surface area contributed by atoms with E-state index >= 15 is 0 Å². The monoisotopic (exact) mass is 1430 g/mol. The molecule has 4 aliphatic rings. The number of fused-ring (bicyclic) bond motifs is 14. The van der Waals surface area contributed by atoms with Gasteiger partial charge in [0.15, 0.2) is 0 Å². The number of hydrogen-bond acceptors (Lipinski definition) is 5. The second-order valence-corrected chi connectivity index (χ2v) is 34.5. The average Bonchev–Trinajstić information content (AvgIpc) is 0.829. The molecule has 0 atom stereocenters. The number of aromatic nitrogens is 3. The van der Waals surface area contributed by atoms with E-state index in [9.17, 15) is 0 Å². The van der Waals surface area contributed by atoms with Crippen LogP contribution < -0.4 is 47.2 Å². The lowest BCUT2D eigenvalue weighted by molar-refractivity contribution is 0.466. The molecule has 0 unspecified atom stereocenters. The van der Waals surface area contributed by atoms with Crippen molar-refractivity contribution < 1.29 is 9.47 Å². The van der Waals surface area contributed by atoms with Gasteiger partial charge in [0, 0.05) is 83.2 Å². The summed E-state index contributed by atoms with van der Waals surface area (Å²) in [4.78, 5) is 9.43. The number of nitrogens with zero attached hydrogens (tertiary/aromatic N) is 4. The van der Waals surface area contributed by atoms with E-state index in [2.05, 4.69) is 379 Å². The van der Waals surface area contributed by atoms with Crippen LogP contribution in [0, 0.1) is 0 Å². The van der Waals surface area contributed by atoms with Gasteiger partial charge in [-0.2, -0.15) is 0 Å². The number of hydrogen-bond donors (Lipinski definition) is 0. The highest BCUT2D eigenvalue weighted by molar-refractivity contribution is 8.00. The standard InChI is InChI=1S/C101H78B2N4O2S/c1-99(2,3)68-37-43-86-77(56-68)78-57-69(100(4,5)6)38-44-87(78)106(86)71-40-42-82-93(59-71)110-94-55-67(76-60-92-97-98(95(76)75-30-16-19-31-79(75)101(7,8)9)109-90-35-23-20-32-81(90)103(97)83-53-64(36-45-91(83)108-92)63-46-48-104-49-47-63)54-89-96(94)102(82)80-41-39-70(105-84-33-21-17-28-73(84)74-29-18-22-34-85(74)105)58-88(80)107(89)72-51-65(61-24-12-10-13-25-61)50-66(52-72)62-26-14-11-15-27-62/h10-60H,1-9H3. The molecule has 0 bridgehead atoms. The fraction of sp³-hybridized carbons (Fsp3) is 0.119. The normalized spacial score (nSPS) is 13.4. The summed E-state index contributed by atoms with van der Waals surface area (Å²) in [5.41, 5.74) is 31.6. The van der Waals surface area contributed by atoms with Crippen molar-refractivity contribution in [2.45, 2.75) is 88.3 Å². The zero-order valence-electron chi connectivity index (χ0n) is 63.1. The highest BCUT2D eigenvalue weighted by atomic mass is 32.2. The predicted molar refractivity (Wildman–Crippen MR) is 464 cm³/mol. The summed E-state index contributed by atoms with van der Waals surface area (Å²) in [5.74, 6) is 3.24. The van der Waals surface area contributed by atoms with Crippen molar-refractivity contribution in [1.29, 1.82) is 0 Å². The van der Waals surface area contributed by atoms with Crippen LogP contribution in [0.25, 0.3) is 111 Å². The second kappa shape index (κ2) is 24.6. The Kier molecular flexibility index (Phi) is 14.8. The van der Waals surface area contributed by atoms with E-state index in [4.69, 9.17) is 9.47 Å². The third-order valence-corrected chi connectivity index (χ3v) is 24.7. The molecule has 4 aliphatic heterocycles. The van der Waals surface area contributed by atoms with E-state index in [1.54, 1.807) is 0 Å². The minimum Gasteiger partial charge on any atom is -0.458 e. The molecule has 526 valence electrons. The molecule has 14 aromatic carbocycles. The zero-order valence-corrected chi connectivity index (χ0v) is 63.9. The number of anilines is 3. The third kappa shape index (κ3) is 10.4. The van der Waals surface area contributed by atoms with Gasteiger partial charge < -0.3 is 23.5 Å². The van der Waals surface area contributed by atoms with Gasteiger partial charge in [0.05, 0.1) is 22.1 Å². The molecule has 0 aliphatic carbocycles. The minimum absolute atomic E-state index is 0.0411. The highest BCUT2D eigenvalue weighted by Crippen LogP contribution is 2.53. The van der Waals surface area contributed by atoms with E-state index in [0.29, 0.717) is 0 Å². The first kappa shape index (κ1) is 66.0. The molecule has 0 fully saturated rings. The van der Waals surface area contributed by atoms with Crippen molar-refractivity contribution in [2.75, 3.05) is 4.90 Å². The molecule has 0 N–H and O–H groups in total. The van der Waals surface area contributed by atoms with Crippen LogP contribution in [-0.2, 0) is 16.2 Å². The maximum Gasteiger partial charge on any atom is 0.260 e. The molecular weight excluding hydrogens is 1350 g/mol. The molecule has 17 aromatic rings. The van der Waals surface area contributed by atoms with Crippen molar-refractivity contribution in [1.82, 2.24) is 14.1 Å². The Bertz CT molecular complexity index is 6530. The van der Waals surface area contributed by atoms with Crippen molar-refractivity contribution in [3.8, 4) is 90.0 Å². The van der Waals surface area contributed by atoms with Gasteiger partial charge in [0.25, 0.3) is 6.71 Å². The Morgan fingerprint density at radius 3 is 1.54 bits per heavy atom. The first-order chi connectivity index (χ1) is 53.4. The van der Waals surface area contributed by atoms with Crippen molar-refractivity contribution in [3.63, 3.8) is 0 Å². The lowest BCUT2D eigenvalue weighted by Gasteiger charge is -2.41. The number of ether oxygens (including phenoxy) is 2. The SMILES string of the molecule is CC(C)(C)c1ccc2c(c1)c1cc(C(C)(C)C)ccc1n2-c1ccc2c(c1)Sc1cc(-c3cc4c5c(c3-c3ccccc3C(C)(C)C)Oc3ccccc3B5c3cc(-c5ccncc5)ccc3O4)cc3c1B2c1ccc(-n2c4ccccc4c4ccccc42)cc1N3c1cc(-c2ccccc2)cc(-c2ccccc2)c1. The molecule has 21 rings (SSSR count). The van der Waals surface area contributed by atoms with Crippen LogP contribution in [0.4, 0.5) is 17.1 Å². The Labute approximate surface area is 647 Å². The van der Waals surface area contributed by atoms with Crippen LogP contribution in [0.3, 0.4) is 0 Å². The first-order valence-electron chi connectivity index (χ1n) is 38.5. The van der Waals surface area contributed by atoms with E-state index in [-0.39, 0.29) is 29.7 Å². The van der Waals surface area contributed by atoms with Crippen LogP contribution in [-0.4, -0.2) is 27.5 Å². The fourth-order valence-corrected chi connectivity index (χ4v) is 19.5. The van der Waals surface area contributed by atoms with Gasteiger partial charge in [-0.05, 0) is 226 Å². The lowest BCUT2D eigenvalue weighted by Crippen LogP contribution is -2.59. The van der Waals surface area contributed by atoms with E-state index in [1.807, 2.05) is 24.2 Å². The average molecular weight is 1430 g/mol. The summed E-state index contributed by atoms with van der Waals surface area (Å²) >= 11 is 1.90. The van der Waals surface area contributed by atoms with Gasteiger partial charge in [-0.3, -0.25) is 4.98 Å². The molecule has 0 saturated heterocycles. The van der Waals surface area contributed by atoms with Crippen molar-refractivity contribution in [3.05, 3.63) is 326 Å². The summed E-state index contributed by atoms with van der Waals surface area (Å²) in [7, 11) is 0. The Balaban J connectivity index is 0.873. The van der Waals surface area contributed by atoms with Crippen LogP contribution in [0.5, 0.6) is 23.0 Å². The summed E-state index contributed by atoms with van der Waals surface area (Å²) in [6.07, 6.45) is 3.74. The Hall–Kier alpha value is -12.3. The van der Waals surface area contributed by atoms with Gasteiger partial charge in [-0.1, -0.05) is 255 Å². The van der Waals surface area contributed by atoms with Crippen LogP contribution in [0.1, 0.15) is 79.0 Å². The minimum atomic E-state index is -0.272. The largest absolute Gasteiger partial charge is 0.458 e. The van der Waals surface area contributed by atoms with Gasteiger partial charge >= 0.3 is 0 Å². The molecule has 110 heavy (non-hydrogen) atoms. The molecular formula is C101H78B2N4O2S. The Morgan fingerprint density at radius 2 is 0.882 bits per heavy atom. The molecule has 0 saturated carbocycles. The number of benzene rings is 14. The summed E-state index contributed by atoms with van der Waals surface area (Å²) in [5, 5.41) is 4.97. The molecule has 6 nitrogen and oxygen atoms in total. The maximum absolute atomic E-state index is 7.72. The third-order valence-electron chi connectivity index (χ3n) is 23.6. The number of para-hydroxylation sites is 3. The van der Waals surface area contributed by atoms with Crippen LogP contribution in [0.15, 0.2) is 319 Å². The quantitative estimate of drug-likeness (QED) is 0.142. The molecule has 0 amide bonds. The maximum atomic E-state index is 7.72. The summed E-state index contributed by atoms with van der Waals surface area (Å²) < 4.78 is 20.3. The van der Waals surface area contributed by atoms with Crippen molar-refractivity contribution in [2.24, 2.45) is 0 Å². The lowest BCUT2D eigenvalue weighted by atomic mass is 9.34. The molecule has 3 aromatic heterocycles. The molecule has 7 heterocycles. The van der Waals surface area contributed by atoms with Gasteiger partial charge in [0.2, 0.25) is 6.71 Å². The first-order valence-corrected chi connectivity index (χ1v) is 39.3. The predicted octanol–water partition coefficient (Wildman–Crippen LogP) is 23.0. The van der Waals surface area contributed by atoms with Gasteiger partial charge in [-0.15, -0.1) is 0 Å². The topological polar surface area (TPSA) is 44.5 Å². The smallest absolute Gasteiger partial charge is 0.260 e. The fourth-order valence-electron chi connectivity index (χ4n) is 18.3. The second-order valence-electron chi connectivity index (χ2n) is 33.4. The van der Waals surface area contributed by atoms with E-state index < -0.39 is 0 Å². The highest BCUT2D eigenvalue weighted by Gasteiger charge is 2.46. The van der Waals surface area contributed by atoms with Crippen LogP contribution >= 0.6 is 11.8 Å². The van der Waals surface area contributed by atoms with Gasteiger partial charge in [0.1, 0.15) is 23.0 Å². The molecule has 9 heteroatoms. The summed E-state index contributed by atoms with van der Waals surface area (Å²) in [6.45, 7) is 20.5. The Morgan fingerprint density at radius 1 is 0.318 bits per heavy atom. The van der Waals surface area contributed by atoms with E-state index in [0.717, 1.165) is 134 Å².